The van der Waals surface area contributed by atoms with E-state index in [1.165, 1.54) is 0 Å². The van der Waals surface area contributed by atoms with Crippen LogP contribution in [0.25, 0.3) is 16.9 Å². The first-order valence-corrected chi connectivity index (χ1v) is 8.23. The summed E-state index contributed by atoms with van der Waals surface area (Å²) in [7, 11) is 1.66. The van der Waals surface area contributed by atoms with Crippen molar-refractivity contribution in [2.24, 2.45) is 4.99 Å². The van der Waals surface area contributed by atoms with Crippen molar-refractivity contribution in [1.29, 1.82) is 0 Å². The van der Waals surface area contributed by atoms with Gasteiger partial charge in [-0.15, -0.1) is 11.3 Å². The molecule has 0 fully saturated rings. The maximum absolute atomic E-state index is 9.06. The van der Waals surface area contributed by atoms with E-state index in [-0.39, 0.29) is 23.6 Å². The van der Waals surface area contributed by atoms with Crippen LogP contribution in [0.15, 0.2) is 65.0 Å². The second kappa shape index (κ2) is 8.82. The zero-order chi connectivity index (χ0) is 16.1. The molecule has 1 aromatic heterocycles. The van der Waals surface area contributed by atoms with Gasteiger partial charge in [0.1, 0.15) is 5.75 Å². The van der Waals surface area contributed by atoms with Gasteiger partial charge in [0.15, 0.2) is 4.80 Å². The number of aliphatic hydroxyl groups excluding tert-OH is 1. The number of aliphatic hydroxyl groups is 1. The molecule has 0 spiro atoms. The van der Waals surface area contributed by atoms with E-state index in [0.29, 0.717) is 6.54 Å². The normalized spacial score (nSPS) is 11.2. The quantitative estimate of drug-likeness (QED) is 0.654. The highest BCUT2D eigenvalue weighted by Crippen LogP contribution is 2.25. The van der Waals surface area contributed by atoms with Crippen LogP contribution < -0.4 is 26.5 Å². The average Bonchev–Trinajstić information content (AvgIpc) is 3.04. The smallest absolute Gasteiger partial charge is 0.189 e. The lowest BCUT2D eigenvalue weighted by molar-refractivity contribution is -0.00000590. The summed E-state index contributed by atoms with van der Waals surface area (Å²) in [5.74, 6) is 0.834. The molecule has 0 bridgehead atoms. The Bertz CT molecular complexity index is 826. The molecular formula is C18H18BrN2O2S-. The summed E-state index contributed by atoms with van der Waals surface area (Å²) in [5, 5.41) is 11.1. The minimum Gasteiger partial charge on any atom is -1.00 e. The molecule has 0 amide bonds. The number of rotatable bonds is 5. The van der Waals surface area contributed by atoms with Crippen molar-refractivity contribution in [2.75, 3.05) is 20.3 Å². The second-order valence-corrected chi connectivity index (χ2v) is 5.74. The average molecular weight is 406 g/mol. The molecule has 0 saturated carbocycles. The van der Waals surface area contributed by atoms with Gasteiger partial charge in [-0.2, -0.15) is 0 Å². The van der Waals surface area contributed by atoms with Crippen LogP contribution in [-0.4, -0.2) is 29.9 Å². The second-order valence-electron chi connectivity index (χ2n) is 4.91. The molecule has 0 saturated heterocycles. The lowest BCUT2D eigenvalue weighted by Crippen LogP contribution is -3.00. The first-order chi connectivity index (χ1) is 11.3. The van der Waals surface area contributed by atoms with E-state index in [2.05, 4.69) is 27.1 Å². The largest absolute Gasteiger partial charge is 1.00 e. The van der Waals surface area contributed by atoms with Gasteiger partial charge in [-0.3, -0.25) is 9.56 Å². The molecule has 0 aliphatic carbocycles. The Hall–Kier alpha value is -1.89. The molecule has 0 radical (unpaired) electrons. The molecule has 0 unspecified atom stereocenters. The van der Waals surface area contributed by atoms with Gasteiger partial charge < -0.3 is 26.8 Å². The molecule has 0 aliphatic rings. The maximum atomic E-state index is 9.06. The summed E-state index contributed by atoms with van der Waals surface area (Å²) in [6, 6.07) is 18.1. The lowest BCUT2D eigenvalue weighted by atomic mass is 10.1. The number of benzene rings is 2. The van der Waals surface area contributed by atoms with Crippen LogP contribution in [0.2, 0.25) is 0 Å². The van der Waals surface area contributed by atoms with Crippen molar-refractivity contribution in [3.8, 4) is 22.7 Å². The highest BCUT2D eigenvalue weighted by molar-refractivity contribution is 7.07. The highest BCUT2D eigenvalue weighted by atomic mass is 79.9. The summed E-state index contributed by atoms with van der Waals surface area (Å²) in [6.07, 6.45) is 0. The predicted octanol–water partition coefficient (Wildman–Crippen LogP) is 0.111. The standard InChI is InChI=1S/C18H18N2O2S.BrH/c1-22-16-9-7-14(8-10-16)17-13-23-18(19-11-12-21)20(17)15-5-3-2-4-6-15;/h2-10,13,21H,11-12H2,1H3;1H/p-1. The van der Waals surface area contributed by atoms with Crippen molar-refractivity contribution >= 4 is 11.3 Å². The lowest BCUT2D eigenvalue weighted by Gasteiger charge is -2.09. The molecule has 6 heteroatoms. The van der Waals surface area contributed by atoms with Crippen molar-refractivity contribution in [2.45, 2.75) is 0 Å². The van der Waals surface area contributed by atoms with Gasteiger partial charge in [-0.1, -0.05) is 18.2 Å². The van der Waals surface area contributed by atoms with Crippen LogP contribution in [0.1, 0.15) is 0 Å². The van der Waals surface area contributed by atoms with E-state index in [1.807, 2.05) is 42.5 Å². The van der Waals surface area contributed by atoms with E-state index in [1.54, 1.807) is 18.4 Å². The van der Waals surface area contributed by atoms with Crippen LogP contribution >= 0.6 is 11.3 Å². The fraction of sp³-hybridized carbons (Fsp3) is 0.167. The highest BCUT2D eigenvalue weighted by Gasteiger charge is 2.10. The topological polar surface area (TPSA) is 46.8 Å². The van der Waals surface area contributed by atoms with Gasteiger partial charge in [0.25, 0.3) is 0 Å². The number of aromatic nitrogens is 1. The molecule has 0 aliphatic heterocycles. The van der Waals surface area contributed by atoms with E-state index >= 15 is 0 Å². The van der Waals surface area contributed by atoms with Gasteiger partial charge in [0, 0.05) is 11.1 Å². The van der Waals surface area contributed by atoms with Crippen LogP contribution in [0.3, 0.4) is 0 Å². The summed E-state index contributed by atoms with van der Waals surface area (Å²) in [6.45, 7) is 0.444. The first-order valence-electron chi connectivity index (χ1n) is 7.35. The molecular weight excluding hydrogens is 388 g/mol. The first kappa shape index (κ1) is 18.4. The number of methoxy groups -OCH3 is 1. The van der Waals surface area contributed by atoms with E-state index in [9.17, 15) is 0 Å². The Kier molecular flexibility index (Phi) is 6.78. The van der Waals surface area contributed by atoms with Crippen molar-refractivity contribution in [3.63, 3.8) is 0 Å². The number of para-hydroxylation sites is 1. The van der Waals surface area contributed by atoms with E-state index in [0.717, 1.165) is 27.5 Å². The van der Waals surface area contributed by atoms with Gasteiger partial charge in [-0.05, 0) is 42.0 Å². The fourth-order valence-electron chi connectivity index (χ4n) is 2.36. The SMILES string of the molecule is COc1ccc(-c2csc(=NCCO)n2-c2ccccc2)cc1.[Br-]. The fourth-order valence-corrected chi connectivity index (χ4v) is 3.29. The summed E-state index contributed by atoms with van der Waals surface area (Å²) in [5.41, 5.74) is 3.22. The number of halogens is 1. The maximum Gasteiger partial charge on any atom is 0.189 e. The summed E-state index contributed by atoms with van der Waals surface area (Å²) < 4.78 is 7.34. The number of thiazole rings is 1. The zero-order valence-corrected chi connectivity index (χ0v) is 15.6. The third kappa shape index (κ3) is 3.95. The molecule has 3 aromatic rings. The summed E-state index contributed by atoms with van der Waals surface area (Å²) in [4.78, 5) is 5.36. The molecule has 1 N–H and O–H groups in total. The number of ether oxygens (including phenoxy) is 1. The Labute approximate surface area is 155 Å². The van der Waals surface area contributed by atoms with Crippen LogP contribution in [-0.2, 0) is 0 Å². The van der Waals surface area contributed by atoms with Gasteiger partial charge in [0.2, 0.25) is 0 Å². The molecule has 3 rings (SSSR count). The Balaban J connectivity index is 0.00000208. The third-order valence-corrected chi connectivity index (χ3v) is 4.32. The monoisotopic (exact) mass is 405 g/mol. The number of hydrogen-bond acceptors (Lipinski definition) is 4. The van der Waals surface area contributed by atoms with Gasteiger partial charge in [-0.25, -0.2) is 0 Å². The minimum absolute atomic E-state index is 0. The number of nitrogens with zero attached hydrogens (tertiary/aromatic N) is 2. The van der Waals surface area contributed by atoms with E-state index < -0.39 is 0 Å². The molecule has 4 nitrogen and oxygen atoms in total. The van der Waals surface area contributed by atoms with Crippen molar-refractivity contribution in [3.05, 3.63) is 64.8 Å². The van der Waals surface area contributed by atoms with Crippen molar-refractivity contribution < 1.29 is 26.8 Å². The summed E-state index contributed by atoms with van der Waals surface area (Å²) >= 11 is 1.57. The minimum atomic E-state index is 0. The van der Waals surface area contributed by atoms with Gasteiger partial charge >= 0.3 is 0 Å². The third-order valence-electron chi connectivity index (χ3n) is 3.46. The Morgan fingerprint density at radius 3 is 2.42 bits per heavy atom. The van der Waals surface area contributed by atoms with E-state index in [4.69, 9.17) is 9.84 Å². The Morgan fingerprint density at radius 2 is 1.79 bits per heavy atom. The zero-order valence-electron chi connectivity index (χ0n) is 13.2. The molecule has 0 atom stereocenters. The van der Waals surface area contributed by atoms with Crippen LogP contribution in [0.4, 0.5) is 0 Å². The Morgan fingerprint density at radius 1 is 1.08 bits per heavy atom. The van der Waals surface area contributed by atoms with Crippen molar-refractivity contribution in [1.82, 2.24) is 4.57 Å². The van der Waals surface area contributed by atoms with Crippen LogP contribution in [0.5, 0.6) is 5.75 Å². The predicted molar refractivity (Wildman–Crippen MR) is 93.1 cm³/mol. The molecule has 1 heterocycles. The molecule has 24 heavy (non-hydrogen) atoms. The molecule has 126 valence electrons. The molecule has 2 aromatic carbocycles. The van der Waals surface area contributed by atoms with Crippen LogP contribution in [0, 0.1) is 0 Å². The number of hydrogen-bond donors (Lipinski definition) is 1. The van der Waals surface area contributed by atoms with Gasteiger partial charge in [0.05, 0.1) is 26.0 Å².